The molecule has 0 bridgehead atoms. The molecule has 1 aliphatic heterocycles. The molecular formula is C13H20N2. The second kappa shape index (κ2) is 4.13. The van der Waals surface area contributed by atoms with Crippen LogP contribution in [0.4, 0.5) is 11.4 Å². The van der Waals surface area contributed by atoms with Crippen molar-refractivity contribution in [1.29, 1.82) is 0 Å². The molecule has 2 nitrogen and oxygen atoms in total. The second-order valence-electron chi connectivity index (χ2n) is 4.86. The molecule has 1 N–H and O–H groups in total. The largest absolute Gasteiger partial charge is 0.379 e. The molecule has 2 rings (SSSR count). The minimum absolute atomic E-state index is 0.540. The van der Waals surface area contributed by atoms with Crippen LogP contribution in [0.2, 0.25) is 0 Å². The average Bonchev–Trinajstić information content (AvgIpc) is 2.16. The van der Waals surface area contributed by atoms with Crippen molar-refractivity contribution in [1.82, 2.24) is 0 Å². The summed E-state index contributed by atoms with van der Waals surface area (Å²) in [6, 6.07) is 9.12. The van der Waals surface area contributed by atoms with Crippen molar-refractivity contribution in [3.63, 3.8) is 0 Å². The van der Waals surface area contributed by atoms with E-state index in [2.05, 4.69) is 55.3 Å². The average molecular weight is 204 g/mol. The van der Waals surface area contributed by atoms with Crippen LogP contribution in [0.5, 0.6) is 0 Å². The van der Waals surface area contributed by atoms with Gasteiger partial charge in [0, 0.05) is 19.1 Å². The van der Waals surface area contributed by atoms with E-state index in [0.29, 0.717) is 12.0 Å². The fourth-order valence-electron chi connectivity index (χ4n) is 2.23. The summed E-state index contributed by atoms with van der Waals surface area (Å²) in [6.45, 7) is 9.03. The summed E-state index contributed by atoms with van der Waals surface area (Å²) < 4.78 is 0. The summed E-state index contributed by atoms with van der Waals surface area (Å²) in [5, 5.41) is 3.52. The van der Waals surface area contributed by atoms with Gasteiger partial charge in [0.05, 0.1) is 11.4 Å². The maximum absolute atomic E-state index is 3.52. The normalized spacial score (nSPS) is 20.0. The Kier molecular flexibility index (Phi) is 2.85. The summed E-state index contributed by atoms with van der Waals surface area (Å²) in [7, 11) is 0. The van der Waals surface area contributed by atoms with Crippen LogP contribution >= 0.6 is 0 Å². The fraction of sp³-hybridized carbons (Fsp3) is 0.538. The lowest BCUT2D eigenvalue weighted by Crippen LogP contribution is -2.41. The molecule has 82 valence electrons. The number of benzene rings is 1. The van der Waals surface area contributed by atoms with Crippen LogP contribution in [0, 0.1) is 5.92 Å². The predicted molar refractivity (Wildman–Crippen MR) is 66.6 cm³/mol. The number of fused-ring (bicyclic) bond motifs is 1. The molecule has 0 aromatic heterocycles. The summed E-state index contributed by atoms with van der Waals surface area (Å²) >= 11 is 0. The first-order valence-electron chi connectivity index (χ1n) is 5.77. The Hall–Kier alpha value is -1.18. The van der Waals surface area contributed by atoms with Gasteiger partial charge < -0.3 is 10.2 Å². The van der Waals surface area contributed by atoms with Gasteiger partial charge in [-0.3, -0.25) is 0 Å². The van der Waals surface area contributed by atoms with E-state index in [1.54, 1.807) is 0 Å². The van der Waals surface area contributed by atoms with Crippen molar-refractivity contribution in [3.8, 4) is 0 Å². The fourth-order valence-corrected chi connectivity index (χ4v) is 2.23. The van der Waals surface area contributed by atoms with Crippen molar-refractivity contribution < 1.29 is 0 Å². The Balaban J connectivity index is 2.26. The molecule has 0 saturated heterocycles. The third-order valence-electron chi connectivity index (χ3n) is 2.73. The first-order valence-corrected chi connectivity index (χ1v) is 5.77. The van der Waals surface area contributed by atoms with E-state index in [9.17, 15) is 0 Å². The number of nitrogens with one attached hydrogen (secondary N) is 1. The van der Waals surface area contributed by atoms with Crippen molar-refractivity contribution in [2.24, 2.45) is 5.92 Å². The van der Waals surface area contributed by atoms with E-state index < -0.39 is 0 Å². The van der Waals surface area contributed by atoms with Crippen LogP contribution < -0.4 is 10.2 Å². The lowest BCUT2D eigenvalue weighted by Gasteiger charge is -2.36. The second-order valence-corrected chi connectivity index (χ2v) is 4.86. The first-order chi connectivity index (χ1) is 7.16. The Morgan fingerprint density at radius 2 is 2.13 bits per heavy atom. The molecule has 0 radical (unpaired) electrons. The Morgan fingerprint density at radius 1 is 1.40 bits per heavy atom. The van der Waals surface area contributed by atoms with Gasteiger partial charge in [-0.15, -0.1) is 0 Å². The predicted octanol–water partition coefficient (Wildman–Crippen LogP) is 2.96. The minimum atomic E-state index is 0.540. The molecule has 0 aliphatic carbocycles. The van der Waals surface area contributed by atoms with Crippen molar-refractivity contribution in [2.45, 2.75) is 26.8 Å². The minimum Gasteiger partial charge on any atom is -0.379 e. The topological polar surface area (TPSA) is 15.3 Å². The monoisotopic (exact) mass is 204 g/mol. The number of anilines is 2. The van der Waals surface area contributed by atoms with Crippen LogP contribution in [-0.2, 0) is 0 Å². The number of hydrogen-bond donors (Lipinski definition) is 1. The summed E-state index contributed by atoms with van der Waals surface area (Å²) in [4.78, 5) is 2.49. The van der Waals surface area contributed by atoms with E-state index in [4.69, 9.17) is 0 Å². The molecule has 1 heterocycles. The quantitative estimate of drug-likeness (QED) is 0.796. The Bertz CT molecular complexity index is 333. The highest BCUT2D eigenvalue weighted by Gasteiger charge is 2.20. The summed E-state index contributed by atoms with van der Waals surface area (Å²) in [5.41, 5.74) is 2.63. The highest BCUT2D eigenvalue weighted by atomic mass is 15.2. The zero-order chi connectivity index (χ0) is 10.8. The third-order valence-corrected chi connectivity index (χ3v) is 2.73. The van der Waals surface area contributed by atoms with E-state index >= 15 is 0 Å². The lowest BCUT2D eigenvalue weighted by molar-refractivity contribution is 0.584. The molecule has 0 fully saturated rings. The number of nitrogens with zero attached hydrogens (tertiary/aromatic N) is 1. The Morgan fingerprint density at radius 3 is 2.87 bits per heavy atom. The lowest BCUT2D eigenvalue weighted by atomic mass is 10.1. The van der Waals surface area contributed by atoms with Crippen LogP contribution in [0.25, 0.3) is 0 Å². The molecule has 0 unspecified atom stereocenters. The highest BCUT2D eigenvalue weighted by Crippen LogP contribution is 2.30. The molecule has 15 heavy (non-hydrogen) atoms. The number of para-hydroxylation sites is 2. The molecule has 0 saturated carbocycles. The summed E-state index contributed by atoms with van der Waals surface area (Å²) in [6.07, 6.45) is 0. The Labute approximate surface area is 92.3 Å². The molecule has 1 aliphatic rings. The van der Waals surface area contributed by atoms with E-state index in [-0.39, 0.29) is 0 Å². The SMILES string of the molecule is CC(C)CN1C[C@H](C)Nc2ccccc21. The van der Waals surface area contributed by atoms with Crippen LogP contribution in [0.15, 0.2) is 24.3 Å². The summed E-state index contributed by atoms with van der Waals surface area (Å²) in [5.74, 6) is 0.711. The number of rotatable bonds is 2. The van der Waals surface area contributed by atoms with Gasteiger partial charge in [0.25, 0.3) is 0 Å². The maximum atomic E-state index is 3.52. The van der Waals surface area contributed by atoms with Crippen molar-refractivity contribution in [3.05, 3.63) is 24.3 Å². The van der Waals surface area contributed by atoms with E-state index in [0.717, 1.165) is 13.1 Å². The third kappa shape index (κ3) is 2.25. The molecule has 1 aromatic rings. The van der Waals surface area contributed by atoms with Gasteiger partial charge in [0.15, 0.2) is 0 Å². The standard InChI is InChI=1S/C13H20N2/c1-10(2)8-15-9-11(3)14-12-6-4-5-7-13(12)15/h4-7,10-11,14H,8-9H2,1-3H3/t11-/m0/s1. The van der Waals surface area contributed by atoms with Gasteiger partial charge in [-0.1, -0.05) is 26.0 Å². The van der Waals surface area contributed by atoms with Gasteiger partial charge >= 0.3 is 0 Å². The maximum Gasteiger partial charge on any atom is 0.0602 e. The number of hydrogen-bond acceptors (Lipinski definition) is 2. The van der Waals surface area contributed by atoms with Gasteiger partial charge in [0.2, 0.25) is 0 Å². The van der Waals surface area contributed by atoms with E-state index in [1.165, 1.54) is 11.4 Å². The smallest absolute Gasteiger partial charge is 0.0602 e. The van der Waals surface area contributed by atoms with Crippen LogP contribution in [0.3, 0.4) is 0 Å². The van der Waals surface area contributed by atoms with Gasteiger partial charge in [-0.25, -0.2) is 0 Å². The zero-order valence-corrected chi connectivity index (χ0v) is 9.83. The van der Waals surface area contributed by atoms with Gasteiger partial charge in [-0.2, -0.15) is 0 Å². The first kappa shape index (κ1) is 10.3. The van der Waals surface area contributed by atoms with Gasteiger partial charge in [0.1, 0.15) is 0 Å². The molecule has 0 spiro atoms. The van der Waals surface area contributed by atoms with E-state index in [1.807, 2.05) is 0 Å². The van der Waals surface area contributed by atoms with Crippen molar-refractivity contribution >= 4 is 11.4 Å². The van der Waals surface area contributed by atoms with Crippen LogP contribution in [0.1, 0.15) is 20.8 Å². The van der Waals surface area contributed by atoms with Gasteiger partial charge in [-0.05, 0) is 25.0 Å². The molecule has 2 heteroatoms. The molecule has 0 amide bonds. The zero-order valence-electron chi connectivity index (χ0n) is 9.83. The van der Waals surface area contributed by atoms with Crippen LogP contribution in [-0.4, -0.2) is 19.1 Å². The highest BCUT2D eigenvalue weighted by molar-refractivity contribution is 5.72. The molecule has 1 aromatic carbocycles. The molecule has 1 atom stereocenters. The molecular weight excluding hydrogens is 184 g/mol. The van der Waals surface area contributed by atoms with Crippen molar-refractivity contribution in [2.75, 3.05) is 23.3 Å².